The molecule has 0 nitrogen and oxygen atoms in total. The van der Waals surface area contributed by atoms with E-state index in [2.05, 4.69) is 6.92 Å². The van der Waals surface area contributed by atoms with Crippen molar-refractivity contribution < 1.29 is 87.8 Å². The standard InChI is InChI=1S/C43H36F20S/c1-3-4-5-6-7-8-9-10-11-12-13-14-15-16-17-42(18-22(44)30(52)38(60)31(53)23(18)45,19-24(46)32(54)39(61)33(55)25(19)47)43(64-2,20-26(48)34(56)40(62)35(57)27(20)49)21-28(50)36(58)41(63)37(59)29(21)51/h3-17H2,1-2H3. The quantitative estimate of drug-likeness (QED) is 0.0347. The van der Waals surface area contributed by atoms with Crippen LogP contribution in [-0.2, 0) is 10.2 Å². The SMILES string of the molecule is CCCCCCCCCCCCCCCCC(c1c(F)c(F)c(F)c(F)c1F)(c1c(F)c(F)c(F)c(F)c1F)C(SC)(c1c(F)c(F)c(F)c(F)c1F)c1c(F)c(F)c(F)c(F)c1F. The van der Waals surface area contributed by atoms with E-state index in [0.717, 1.165) is 51.4 Å². The van der Waals surface area contributed by atoms with Gasteiger partial charge in [-0.05, 0) is 12.7 Å². The van der Waals surface area contributed by atoms with Gasteiger partial charge in [-0.3, -0.25) is 0 Å². The molecular formula is C43H36F20S. The summed E-state index contributed by atoms with van der Waals surface area (Å²) in [5, 5.41) is 0. The molecule has 0 aliphatic heterocycles. The average Bonchev–Trinajstić information content (AvgIpc) is 3.28. The smallest absolute Gasteiger partial charge is 0.200 e. The minimum Gasteiger partial charge on any atom is -0.203 e. The van der Waals surface area contributed by atoms with E-state index in [-0.39, 0.29) is 19.1 Å². The fraction of sp³-hybridized carbons (Fsp3) is 0.442. The third-order valence-electron chi connectivity index (χ3n) is 11.2. The summed E-state index contributed by atoms with van der Waals surface area (Å²) in [6, 6.07) is 0. The molecule has 354 valence electrons. The third-order valence-corrected chi connectivity index (χ3v) is 12.6. The summed E-state index contributed by atoms with van der Waals surface area (Å²) in [6.45, 7) is 2.05. The Kier molecular flexibility index (Phi) is 17.6. The molecule has 0 heterocycles. The second-order valence-electron chi connectivity index (χ2n) is 14.9. The van der Waals surface area contributed by atoms with Gasteiger partial charge in [0.25, 0.3) is 0 Å². The maximum absolute atomic E-state index is 16.5. The van der Waals surface area contributed by atoms with E-state index in [9.17, 15) is 17.6 Å². The van der Waals surface area contributed by atoms with Crippen LogP contribution in [0.5, 0.6) is 0 Å². The minimum atomic E-state index is -5.13. The lowest BCUT2D eigenvalue weighted by Gasteiger charge is -2.52. The van der Waals surface area contributed by atoms with Gasteiger partial charge in [0.15, 0.2) is 93.1 Å². The van der Waals surface area contributed by atoms with Gasteiger partial charge in [0.05, 0.1) is 21.3 Å². The second-order valence-corrected chi connectivity index (χ2v) is 15.9. The van der Waals surface area contributed by atoms with Gasteiger partial charge in [-0.15, -0.1) is 11.8 Å². The molecule has 0 radical (unpaired) electrons. The lowest BCUT2D eigenvalue weighted by molar-refractivity contribution is 0.254. The summed E-state index contributed by atoms with van der Waals surface area (Å²) in [5.74, 6) is -65.9. The van der Waals surface area contributed by atoms with Crippen molar-refractivity contribution in [2.24, 2.45) is 0 Å². The van der Waals surface area contributed by atoms with Crippen molar-refractivity contribution in [3.63, 3.8) is 0 Å². The largest absolute Gasteiger partial charge is 0.203 e. The van der Waals surface area contributed by atoms with Gasteiger partial charge in [-0.25, -0.2) is 87.8 Å². The summed E-state index contributed by atoms with van der Waals surface area (Å²) in [4.78, 5) is 0. The van der Waals surface area contributed by atoms with Gasteiger partial charge in [0, 0.05) is 11.1 Å². The maximum atomic E-state index is 16.5. The highest BCUT2D eigenvalue weighted by Crippen LogP contribution is 2.65. The van der Waals surface area contributed by atoms with Crippen LogP contribution >= 0.6 is 11.8 Å². The van der Waals surface area contributed by atoms with E-state index >= 15 is 70.2 Å². The first-order valence-electron chi connectivity index (χ1n) is 19.7. The van der Waals surface area contributed by atoms with Crippen molar-refractivity contribution >= 4 is 11.8 Å². The summed E-state index contributed by atoms with van der Waals surface area (Å²) < 4.78 is 308. The van der Waals surface area contributed by atoms with Gasteiger partial charge < -0.3 is 0 Å². The molecule has 0 saturated heterocycles. The number of thioether (sulfide) groups is 1. The van der Waals surface area contributed by atoms with Gasteiger partial charge in [0.2, 0.25) is 23.3 Å². The second kappa shape index (κ2) is 21.4. The first-order chi connectivity index (χ1) is 30.1. The zero-order chi connectivity index (χ0) is 48.2. The summed E-state index contributed by atoms with van der Waals surface area (Å²) >= 11 is -1.04. The maximum Gasteiger partial charge on any atom is 0.200 e. The fourth-order valence-electron chi connectivity index (χ4n) is 8.21. The predicted octanol–water partition coefficient (Wildman–Crippen LogP) is 15.9. The Balaban J connectivity index is 2.21. The van der Waals surface area contributed by atoms with Gasteiger partial charge in [-0.2, -0.15) is 0 Å². The monoisotopic (exact) mass is 964 g/mol. The van der Waals surface area contributed by atoms with Crippen molar-refractivity contribution in [1.29, 1.82) is 0 Å². The van der Waals surface area contributed by atoms with Crippen molar-refractivity contribution in [1.82, 2.24) is 0 Å². The number of unbranched alkanes of at least 4 members (excludes halogenated alkanes) is 13. The fourth-order valence-corrected chi connectivity index (χ4v) is 9.63. The highest BCUT2D eigenvalue weighted by molar-refractivity contribution is 7.99. The molecule has 4 aromatic carbocycles. The number of hydrogen-bond donors (Lipinski definition) is 0. The number of benzene rings is 4. The van der Waals surface area contributed by atoms with Crippen LogP contribution < -0.4 is 0 Å². The molecule has 4 aromatic rings. The van der Waals surface area contributed by atoms with Crippen LogP contribution in [-0.4, -0.2) is 6.26 Å². The Morgan fingerprint density at radius 3 is 0.672 bits per heavy atom. The average molecular weight is 965 g/mol. The molecule has 0 fully saturated rings. The van der Waals surface area contributed by atoms with Crippen LogP contribution in [0, 0.1) is 116 Å². The Morgan fingerprint density at radius 2 is 0.453 bits per heavy atom. The number of hydrogen-bond acceptors (Lipinski definition) is 1. The van der Waals surface area contributed by atoms with Crippen molar-refractivity contribution in [2.75, 3.05) is 6.26 Å². The molecule has 0 N–H and O–H groups in total. The summed E-state index contributed by atoms with van der Waals surface area (Å²) in [6.07, 6.45) is 5.04. The lowest BCUT2D eigenvalue weighted by Crippen LogP contribution is -2.54. The molecular weight excluding hydrogens is 929 g/mol. The predicted molar refractivity (Wildman–Crippen MR) is 195 cm³/mol. The van der Waals surface area contributed by atoms with Crippen LogP contribution in [0.4, 0.5) is 87.8 Å². The van der Waals surface area contributed by atoms with Crippen molar-refractivity contribution in [2.45, 2.75) is 113 Å². The topological polar surface area (TPSA) is 0 Å². The molecule has 0 aliphatic rings. The molecule has 4 rings (SSSR count). The van der Waals surface area contributed by atoms with E-state index in [1.54, 1.807) is 0 Å². The van der Waals surface area contributed by atoms with Crippen LogP contribution in [0.1, 0.15) is 125 Å². The Bertz CT molecular complexity index is 2110. The highest BCUT2D eigenvalue weighted by atomic mass is 32.2. The number of rotatable bonds is 21. The van der Waals surface area contributed by atoms with Crippen LogP contribution in [0.2, 0.25) is 0 Å². The van der Waals surface area contributed by atoms with E-state index < -0.39 is 180 Å². The molecule has 0 amide bonds. The highest BCUT2D eigenvalue weighted by Gasteiger charge is 2.66. The molecule has 0 spiro atoms. The molecule has 0 saturated carbocycles. The van der Waals surface area contributed by atoms with Crippen LogP contribution in [0.3, 0.4) is 0 Å². The third kappa shape index (κ3) is 8.90. The number of halogens is 20. The van der Waals surface area contributed by atoms with Crippen LogP contribution in [0.25, 0.3) is 0 Å². The van der Waals surface area contributed by atoms with E-state index in [0.29, 0.717) is 12.8 Å². The van der Waals surface area contributed by atoms with Gasteiger partial charge in [0.1, 0.15) is 0 Å². The molecule has 0 atom stereocenters. The van der Waals surface area contributed by atoms with E-state index in [1.807, 2.05) is 0 Å². The zero-order valence-corrected chi connectivity index (χ0v) is 34.4. The lowest BCUT2D eigenvalue weighted by atomic mass is 9.57. The van der Waals surface area contributed by atoms with Crippen molar-refractivity contribution in [3.05, 3.63) is 139 Å². The molecule has 64 heavy (non-hydrogen) atoms. The van der Waals surface area contributed by atoms with Crippen LogP contribution in [0.15, 0.2) is 0 Å². The minimum absolute atomic E-state index is 0.112. The van der Waals surface area contributed by atoms with E-state index in [4.69, 9.17) is 0 Å². The normalized spacial score (nSPS) is 12.3. The van der Waals surface area contributed by atoms with E-state index in [1.165, 1.54) is 0 Å². The molecule has 0 aliphatic carbocycles. The first-order valence-corrected chi connectivity index (χ1v) is 20.9. The van der Waals surface area contributed by atoms with Gasteiger partial charge >= 0.3 is 0 Å². The van der Waals surface area contributed by atoms with Crippen molar-refractivity contribution in [3.8, 4) is 0 Å². The molecule has 0 aromatic heterocycles. The summed E-state index contributed by atoms with van der Waals surface area (Å²) in [7, 11) is 0. The Morgan fingerprint density at radius 1 is 0.266 bits per heavy atom. The molecule has 0 bridgehead atoms. The first kappa shape index (κ1) is 52.5. The Labute approximate surface area is 357 Å². The summed E-state index contributed by atoms with van der Waals surface area (Å²) in [5.41, 5.74) is -17.2. The molecule has 21 heteroatoms. The molecule has 0 unspecified atom stereocenters. The van der Waals surface area contributed by atoms with Gasteiger partial charge in [-0.1, -0.05) is 96.8 Å². The zero-order valence-electron chi connectivity index (χ0n) is 33.6. The Hall–Kier alpha value is -4.17.